The molecule has 0 aliphatic heterocycles. The van der Waals surface area contributed by atoms with Crippen LogP contribution in [0.2, 0.25) is 0 Å². The van der Waals surface area contributed by atoms with Gasteiger partial charge >= 0.3 is 0 Å². The third kappa shape index (κ3) is 3.65. The predicted molar refractivity (Wildman–Crippen MR) is 91.5 cm³/mol. The van der Waals surface area contributed by atoms with Crippen molar-refractivity contribution in [2.45, 2.75) is 43.8 Å². The summed E-state index contributed by atoms with van der Waals surface area (Å²) in [6.45, 7) is 4.72. The highest BCUT2D eigenvalue weighted by Gasteiger charge is 2.18. The van der Waals surface area contributed by atoms with Gasteiger partial charge in [0.25, 0.3) is 0 Å². The molecule has 0 aliphatic rings. The van der Waals surface area contributed by atoms with Crippen molar-refractivity contribution < 1.29 is 5.11 Å². The molecule has 0 aliphatic carbocycles. The van der Waals surface area contributed by atoms with Crippen molar-refractivity contribution in [3.63, 3.8) is 0 Å². The summed E-state index contributed by atoms with van der Waals surface area (Å²) in [7, 11) is 0. The van der Waals surface area contributed by atoms with Gasteiger partial charge in [0, 0.05) is 13.0 Å². The van der Waals surface area contributed by atoms with Gasteiger partial charge in [-0.05, 0) is 12.5 Å². The highest BCUT2D eigenvalue weighted by molar-refractivity contribution is 7.98. The Morgan fingerprint density at radius 1 is 1.21 bits per heavy atom. The Morgan fingerprint density at radius 2 is 2.00 bits per heavy atom. The number of aliphatic hydroxyl groups is 1. The third-order valence-electron chi connectivity index (χ3n) is 3.60. The standard InChI is InChI=1S/C16H20N6OS/c1-3-12-17-16(20-19-12)24-10-13-18-15(21-22(13)4-2)14(23)11-8-6-5-7-9-11/h5-9,14,23H,3-4,10H2,1-2H3,(H,17,19,20)/t14-/m1/s1. The van der Waals surface area contributed by atoms with Crippen LogP contribution in [0, 0.1) is 0 Å². The summed E-state index contributed by atoms with van der Waals surface area (Å²) in [5.74, 6) is 2.69. The van der Waals surface area contributed by atoms with Gasteiger partial charge < -0.3 is 5.11 Å². The number of hydrogen-bond donors (Lipinski definition) is 2. The Labute approximate surface area is 144 Å². The number of aryl methyl sites for hydroxylation is 2. The van der Waals surface area contributed by atoms with Crippen molar-refractivity contribution in [2.75, 3.05) is 0 Å². The van der Waals surface area contributed by atoms with Crippen molar-refractivity contribution in [1.29, 1.82) is 0 Å². The molecule has 0 saturated carbocycles. The molecule has 0 unspecified atom stereocenters. The Morgan fingerprint density at radius 3 is 2.67 bits per heavy atom. The first kappa shape index (κ1) is 16.7. The fourth-order valence-corrected chi connectivity index (χ4v) is 3.04. The number of benzene rings is 1. The van der Waals surface area contributed by atoms with Gasteiger partial charge in [-0.25, -0.2) is 14.6 Å². The van der Waals surface area contributed by atoms with Crippen molar-refractivity contribution in [2.24, 2.45) is 0 Å². The zero-order valence-corrected chi connectivity index (χ0v) is 14.5. The van der Waals surface area contributed by atoms with Crippen LogP contribution in [0.15, 0.2) is 35.5 Å². The molecule has 0 radical (unpaired) electrons. The van der Waals surface area contributed by atoms with Crippen LogP contribution in [0.5, 0.6) is 0 Å². The number of H-pyrrole nitrogens is 1. The topological polar surface area (TPSA) is 92.5 Å². The minimum Gasteiger partial charge on any atom is -0.380 e. The zero-order chi connectivity index (χ0) is 16.9. The molecule has 0 fully saturated rings. The maximum absolute atomic E-state index is 10.5. The highest BCUT2D eigenvalue weighted by atomic mass is 32.2. The molecule has 0 bridgehead atoms. The average molecular weight is 344 g/mol. The summed E-state index contributed by atoms with van der Waals surface area (Å²) in [5.41, 5.74) is 0.784. The van der Waals surface area contributed by atoms with Crippen LogP contribution in [0.4, 0.5) is 0 Å². The van der Waals surface area contributed by atoms with Gasteiger partial charge in [0.15, 0.2) is 5.82 Å². The van der Waals surface area contributed by atoms with Crippen LogP contribution in [0.1, 0.15) is 43.0 Å². The molecule has 24 heavy (non-hydrogen) atoms. The molecule has 0 amide bonds. The minimum absolute atomic E-state index is 0.419. The van der Waals surface area contributed by atoms with Crippen LogP contribution in [-0.2, 0) is 18.7 Å². The lowest BCUT2D eigenvalue weighted by molar-refractivity contribution is 0.209. The Kier molecular flexibility index (Phi) is 5.27. The molecule has 126 valence electrons. The summed E-state index contributed by atoms with van der Waals surface area (Å²) < 4.78 is 1.81. The zero-order valence-electron chi connectivity index (χ0n) is 13.7. The van der Waals surface area contributed by atoms with Crippen LogP contribution in [0.3, 0.4) is 0 Å². The normalized spacial score (nSPS) is 12.5. The number of hydrogen-bond acceptors (Lipinski definition) is 6. The van der Waals surface area contributed by atoms with E-state index >= 15 is 0 Å². The Hall–Kier alpha value is -2.19. The van der Waals surface area contributed by atoms with E-state index in [1.54, 1.807) is 0 Å². The number of thioether (sulfide) groups is 1. The lowest BCUT2D eigenvalue weighted by Gasteiger charge is -2.05. The molecular formula is C16H20N6OS. The lowest BCUT2D eigenvalue weighted by atomic mass is 10.1. The second-order valence-electron chi connectivity index (χ2n) is 5.22. The van der Waals surface area contributed by atoms with E-state index in [9.17, 15) is 5.11 Å². The monoisotopic (exact) mass is 344 g/mol. The van der Waals surface area contributed by atoms with Crippen LogP contribution in [-0.4, -0.2) is 35.1 Å². The molecule has 0 spiro atoms. The molecule has 3 rings (SSSR count). The number of aromatic amines is 1. The van der Waals surface area contributed by atoms with Gasteiger partial charge in [-0.2, -0.15) is 5.10 Å². The van der Waals surface area contributed by atoms with Gasteiger partial charge in [-0.3, -0.25) is 5.10 Å². The van der Waals surface area contributed by atoms with E-state index in [0.717, 1.165) is 23.6 Å². The lowest BCUT2D eigenvalue weighted by Crippen LogP contribution is -2.04. The Bertz CT molecular complexity index is 785. The van der Waals surface area contributed by atoms with Crippen LogP contribution < -0.4 is 0 Å². The first-order valence-corrected chi connectivity index (χ1v) is 8.90. The van der Waals surface area contributed by atoms with E-state index in [1.165, 1.54) is 11.8 Å². The van der Waals surface area contributed by atoms with E-state index in [0.29, 0.717) is 23.3 Å². The number of nitrogens with one attached hydrogen (secondary N) is 1. The van der Waals surface area contributed by atoms with Crippen molar-refractivity contribution >= 4 is 11.8 Å². The summed E-state index contributed by atoms with van der Waals surface area (Å²) in [6.07, 6.45) is 0.00417. The van der Waals surface area contributed by atoms with Crippen molar-refractivity contribution in [3.8, 4) is 0 Å². The van der Waals surface area contributed by atoms with Crippen molar-refractivity contribution in [1.82, 2.24) is 29.9 Å². The van der Waals surface area contributed by atoms with Crippen LogP contribution in [0.25, 0.3) is 0 Å². The molecule has 0 saturated heterocycles. The molecule has 2 aromatic heterocycles. The largest absolute Gasteiger partial charge is 0.380 e. The molecule has 2 heterocycles. The SMILES string of the molecule is CCc1nc(SCc2nc([C@H](O)c3ccccc3)nn2CC)n[nH]1. The van der Waals surface area contributed by atoms with Crippen LogP contribution >= 0.6 is 11.8 Å². The fraction of sp³-hybridized carbons (Fsp3) is 0.375. The van der Waals surface area contributed by atoms with Crippen molar-refractivity contribution in [3.05, 3.63) is 53.4 Å². The first-order chi connectivity index (χ1) is 11.7. The van der Waals surface area contributed by atoms with E-state index in [1.807, 2.05) is 48.9 Å². The van der Waals surface area contributed by atoms with Gasteiger partial charge in [0.2, 0.25) is 5.16 Å². The van der Waals surface area contributed by atoms with Gasteiger partial charge in [-0.15, -0.1) is 5.10 Å². The molecule has 8 heteroatoms. The summed E-state index contributed by atoms with van der Waals surface area (Å²) in [4.78, 5) is 8.89. The summed E-state index contributed by atoms with van der Waals surface area (Å²) in [5, 5.41) is 22.7. The molecule has 7 nitrogen and oxygen atoms in total. The smallest absolute Gasteiger partial charge is 0.208 e. The molecular weight excluding hydrogens is 324 g/mol. The first-order valence-electron chi connectivity index (χ1n) is 7.92. The number of rotatable bonds is 7. The molecule has 3 aromatic rings. The highest BCUT2D eigenvalue weighted by Crippen LogP contribution is 2.22. The number of aliphatic hydroxyl groups excluding tert-OH is 1. The number of nitrogens with zero attached hydrogens (tertiary/aromatic N) is 5. The Balaban J connectivity index is 1.75. The summed E-state index contributed by atoms with van der Waals surface area (Å²) >= 11 is 1.50. The van der Waals surface area contributed by atoms with Gasteiger partial charge in [0.05, 0.1) is 5.75 Å². The maximum atomic E-state index is 10.5. The number of aromatic nitrogens is 6. The average Bonchev–Trinajstić information content (AvgIpc) is 3.26. The minimum atomic E-state index is -0.821. The summed E-state index contributed by atoms with van der Waals surface area (Å²) in [6, 6.07) is 9.43. The van der Waals surface area contributed by atoms with E-state index in [-0.39, 0.29) is 0 Å². The van der Waals surface area contributed by atoms with Gasteiger partial charge in [0.1, 0.15) is 17.8 Å². The second-order valence-corrected chi connectivity index (χ2v) is 6.16. The van der Waals surface area contributed by atoms with Gasteiger partial charge in [-0.1, -0.05) is 49.0 Å². The molecule has 1 atom stereocenters. The fourth-order valence-electron chi connectivity index (χ4n) is 2.28. The molecule has 1 aromatic carbocycles. The van der Waals surface area contributed by atoms with E-state index in [2.05, 4.69) is 25.3 Å². The second kappa shape index (κ2) is 7.59. The maximum Gasteiger partial charge on any atom is 0.208 e. The predicted octanol–water partition coefficient (Wildman–Crippen LogP) is 2.35. The van der Waals surface area contributed by atoms with E-state index in [4.69, 9.17) is 0 Å². The molecule has 2 N–H and O–H groups in total. The van der Waals surface area contributed by atoms with E-state index < -0.39 is 6.10 Å². The quantitative estimate of drug-likeness (QED) is 0.639. The third-order valence-corrected chi connectivity index (χ3v) is 4.44.